The number of hydrogen-bond donors (Lipinski definition) is 2. The Balaban J connectivity index is 2.14. The third kappa shape index (κ3) is 5.01. The molecule has 24 heavy (non-hydrogen) atoms. The van der Waals surface area contributed by atoms with Crippen LogP contribution in [0.1, 0.15) is 63.6 Å². The van der Waals surface area contributed by atoms with Gasteiger partial charge in [-0.3, -0.25) is 5.43 Å². The maximum atomic E-state index is 13.2. The third-order valence-electron chi connectivity index (χ3n) is 3.66. The lowest BCUT2D eigenvalue weighted by Crippen LogP contribution is -2.36. The maximum Gasteiger partial charge on any atom is 0.426 e. The Bertz CT molecular complexity index is 591. The first kappa shape index (κ1) is 18.4. The van der Waals surface area contributed by atoms with Gasteiger partial charge in [-0.15, -0.1) is 0 Å². The van der Waals surface area contributed by atoms with Crippen LogP contribution in [0.4, 0.5) is 23.8 Å². The van der Waals surface area contributed by atoms with E-state index in [-0.39, 0.29) is 17.4 Å². The van der Waals surface area contributed by atoms with Crippen LogP contribution in [0, 0.1) is 0 Å². The van der Waals surface area contributed by atoms with Crippen molar-refractivity contribution < 1.29 is 22.7 Å². The molecule has 0 atom stereocenters. The van der Waals surface area contributed by atoms with Crippen molar-refractivity contribution in [1.82, 2.24) is 10.4 Å². The van der Waals surface area contributed by atoms with Gasteiger partial charge in [0.1, 0.15) is 11.4 Å². The molecular weight excluding hydrogens is 323 g/mol. The lowest BCUT2D eigenvalue weighted by molar-refractivity contribution is -0.138. The summed E-state index contributed by atoms with van der Waals surface area (Å²) in [4.78, 5) is 15.7. The second-order valence-electron chi connectivity index (χ2n) is 6.86. The Morgan fingerprint density at radius 1 is 1.21 bits per heavy atom. The van der Waals surface area contributed by atoms with Crippen molar-refractivity contribution in [1.29, 1.82) is 0 Å². The van der Waals surface area contributed by atoms with Crippen LogP contribution in [0.2, 0.25) is 0 Å². The number of carbonyl (C=O) groups excluding carboxylic acids is 1. The van der Waals surface area contributed by atoms with E-state index in [1.807, 2.05) is 0 Å². The number of hydrazine groups is 1. The quantitative estimate of drug-likeness (QED) is 0.785. The summed E-state index contributed by atoms with van der Waals surface area (Å²) in [6.07, 6.45) is -1.98. The summed E-state index contributed by atoms with van der Waals surface area (Å²) in [6, 6.07) is 2.19. The number of aromatic nitrogens is 1. The van der Waals surface area contributed by atoms with Crippen LogP contribution in [-0.4, -0.2) is 16.7 Å². The number of nitrogens with one attached hydrogen (secondary N) is 2. The summed E-state index contributed by atoms with van der Waals surface area (Å²) in [6.45, 7) is 5.13. The molecule has 1 aliphatic rings. The van der Waals surface area contributed by atoms with Crippen LogP contribution in [0.25, 0.3) is 0 Å². The van der Waals surface area contributed by atoms with Crippen molar-refractivity contribution in [3.63, 3.8) is 0 Å². The predicted molar refractivity (Wildman–Crippen MR) is 83.4 cm³/mol. The first-order valence-electron chi connectivity index (χ1n) is 7.89. The fraction of sp³-hybridized carbons (Fsp3) is 0.625. The standard InChI is InChI=1S/C16H22F3N3O2/c1-15(2,3)24-14(23)22-21-12-9-8-11(16(17,18)19)13(20-12)10-6-4-5-7-10/h8-10H,4-7H2,1-3H3,(H,20,21)(H,22,23). The molecule has 1 aliphatic carbocycles. The van der Waals surface area contributed by atoms with Crippen LogP contribution in [-0.2, 0) is 10.9 Å². The lowest BCUT2D eigenvalue weighted by Gasteiger charge is -2.21. The summed E-state index contributed by atoms with van der Waals surface area (Å²) in [5.74, 6) is -0.0549. The molecule has 8 heteroatoms. The fourth-order valence-electron chi connectivity index (χ4n) is 2.71. The van der Waals surface area contributed by atoms with Gasteiger partial charge in [-0.25, -0.2) is 15.2 Å². The van der Waals surface area contributed by atoms with Crippen LogP contribution in [0.5, 0.6) is 0 Å². The molecule has 2 N–H and O–H groups in total. The number of rotatable bonds is 3. The van der Waals surface area contributed by atoms with Crippen molar-refractivity contribution >= 4 is 11.9 Å². The van der Waals surface area contributed by atoms with Crippen molar-refractivity contribution in [3.8, 4) is 0 Å². The average Bonchev–Trinajstić information content (AvgIpc) is 2.96. The summed E-state index contributed by atoms with van der Waals surface area (Å²) < 4.78 is 44.6. The van der Waals surface area contributed by atoms with E-state index < -0.39 is 23.4 Å². The monoisotopic (exact) mass is 345 g/mol. The highest BCUT2D eigenvalue weighted by Crippen LogP contribution is 2.40. The predicted octanol–water partition coefficient (Wildman–Crippen LogP) is 4.61. The van der Waals surface area contributed by atoms with Gasteiger partial charge in [0, 0.05) is 5.92 Å². The van der Waals surface area contributed by atoms with Gasteiger partial charge >= 0.3 is 12.3 Å². The Labute approximate surface area is 139 Å². The Morgan fingerprint density at radius 3 is 2.38 bits per heavy atom. The molecule has 1 heterocycles. The fourth-order valence-corrected chi connectivity index (χ4v) is 2.71. The minimum Gasteiger partial charge on any atom is -0.443 e. The van der Waals surface area contributed by atoms with Crippen LogP contribution >= 0.6 is 0 Å². The van der Waals surface area contributed by atoms with Gasteiger partial charge in [0.15, 0.2) is 0 Å². The number of amides is 1. The Kier molecular flexibility index (Phi) is 5.25. The second-order valence-corrected chi connectivity index (χ2v) is 6.86. The third-order valence-corrected chi connectivity index (χ3v) is 3.66. The van der Waals surface area contributed by atoms with E-state index in [4.69, 9.17) is 4.74 Å². The number of carbonyl (C=O) groups is 1. The highest BCUT2D eigenvalue weighted by Gasteiger charge is 2.37. The van der Waals surface area contributed by atoms with Crippen LogP contribution < -0.4 is 10.9 Å². The van der Waals surface area contributed by atoms with E-state index in [0.29, 0.717) is 12.8 Å². The summed E-state index contributed by atoms with van der Waals surface area (Å²) in [7, 11) is 0. The van der Waals surface area contributed by atoms with E-state index in [2.05, 4.69) is 15.8 Å². The zero-order valence-corrected chi connectivity index (χ0v) is 14.0. The van der Waals surface area contributed by atoms with Gasteiger partial charge in [0.05, 0.1) is 11.3 Å². The molecule has 1 amide bonds. The number of pyridine rings is 1. The first-order chi connectivity index (χ1) is 11.1. The molecule has 0 unspecified atom stereocenters. The van der Waals surface area contributed by atoms with Crippen molar-refractivity contribution in [3.05, 3.63) is 23.4 Å². The number of alkyl halides is 3. The number of ether oxygens (including phenoxy) is 1. The van der Waals surface area contributed by atoms with Crippen molar-refractivity contribution in [2.75, 3.05) is 5.43 Å². The lowest BCUT2D eigenvalue weighted by atomic mass is 9.98. The van der Waals surface area contributed by atoms with Gasteiger partial charge in [-0.1, -0.05) is 12.8 Å². The molecule has 1 fully saturated rings. The normalized spacial score (nSPS) is 16.1. The molecule has 0 bridgehead atoms. The Morgan fingerprint density at radius 2 is 1.83 bits per heavy atom. The van der Waals surface area contributed by atoms with Crippen LogP contribution in [0.3, 0.4) is 0 Å². The first-order valence-corrected chi connectivity index (χ1v) is 7.89. The minimum atomic E-state index is -4.44. The summed E-state index contributed by atoms with van der Waals surface area (Å²) >= 11 is 0. The summed E-state index contributed by atoms with van der Waals surface area (Å²) in [5.41, 5.74) is 3.44. The highest BCUT2D eigenvalue weighted by atomic mass is 19.4. The Hall–Kier alpha value is -1.99. The second kappa shape index (κ2) is 6.86. The molecule has 5 nitrogen and oxygen atoms in total. The molecule has 0 aromatic carbocycles. The SMILES string of the molecule is CC(C)(C)OC(=O)NNc1ccc(C(F)(F)F)c(C2CCCC2)n1. The molecule has 0 radical (unpaired) electrons. The van der Waals surface area contributed by atoms with Crippen LogP contribution in [0.15, 0.2) is 12.1 Å². The van der Waals surface area contributed by atoms with Gasteiger partial charge in [-0.2, -0.15) is 13.2 Å². The van der Waals surface area contributed by atoms with Gasteiger partial charge in [0.25, 0.3) is 0 Å². The largest absolute Gasteiger partial charge is 0.443 e. The van der Waals surface area contributed by atoms with Gasteiger partial charge in [0.2, 0.25) is 0 Å². The molecule has 134 valence electrons. The molecule has 1 saturated carbocycles. The average molecular weight is 345 g/mol. The molecule has 2 rings (SSSR count). The number of anilines is 1. The molecule has 1 aromatic rings. The van der Waals surface area contributed by atoms with Crippen molar-refractivity contribution in [2.45, 2.75) is 64.1 Å². The maximum absolute atomic E-state index is 13.2. The highest BCUT2D eigenvalue weighted by molar-refractivity contribution is 5.69. The van der Waals surface area contributed by atoms with E-state index >= 15 is 0 Å². The van der Waals surface area contributed by atoms with Gasteiger partial charge in [-0.05, 0) is 45.7 Å². The zero-order valence-electron chi connectivity index (χ0n) is 14.0. The minimum absolute atomic E-state index is 0.0380. The molecule has 0 spiro atoms. The topological polar surface area (TPSA) is 63.2 Å². The van der Waals surface area contributed by atoms with Crippen molar-refractivity contribution in [2.24, 2.45) is 0 Å². The molecule has 1 aromatic heterocycles. The molecule has 0 saturated heterocycles. The van der Waals surface area contributed by atoms with E-state index in [9.17, 15) is 18.0 Å². The van der Waals surface area contributed by atoms with E-state index in [1.54, 1.807) is 20.8 Å². The van der Waals surface area contributed by atoms with E-state index in [1.165, 1.54) is 6.07 Å². The number of nitrogens with zero attached hydrogens (tertiary/aromatic N) is 1. The molecule has 0 aliphatic heterocycles. The number of hydrogen-bond acceptors (Lipinski definition) is 4. The zero-order chi connectivity index (χ0) is 18.0. The smallest absolute Gasteiger partial charge is 0.426 e. The van der Waals surface area contributed by atoms with Gasteiger partial charge < -0.3 is 4.74 Å². The van der Waals surface area contributed by atoms with E-state index in [0.717, 1.165) is 18.9 Å². The summed E-state index contributed by atoms with van der Waals surface area (Å²) in [5, 5.41) is 0. The molecular formula is C16H22F3N3O2. The number of halogens is 3.